The summed E-state index contributed by atoms with van der Waals surface area (Å²) in [5.74, 6) is -1.90. The lowest BCUT2D eigenvalue weighted by Crippen LogP contribution is -2.48. The minimum atomic E-state index is -3.97. The average molecular weight is 486 g/mol. The van der Waals surface area contributed by atoms with Crippen LogP contribution in [0, 0.1) is 25.5 Å². The molecule has 0 saturated carbocycles. The van der Waals surface area contributed by atoms with E-state index in [-0.39, 0.29) is 29.4 Å². The average Bonchev–Trinajstić information content (AvgIpc) is 2.82. The van der Waals surface area contributed by atoms with Crippen LogP contribution in [0.2, 0.25) is 0 Å². The lowest BCUT2D eigenvalue weighted by atomic mass is 10.1. The second-order valence-electron chi connectivity index (χ2n) is 8.21. The number of hydrogen-bond donors (Lipinski definition) is 1. The van der Waals surface area contributed by atoms with Crippen molar-refractivity contribution in [3.8, 4) is 0 Å². The van der Waals surface area contributed by atoms with Crippen molar-refractivity contribution in [1.29, 1.82) is 0 Å². The van der Waals surface area contributed by atoms with Gasteiger partial charge in [-0.25, -0.2) is 17.2 Å². The molecule has 4 rings (SSSR count). The molecule has 0 unspecified atom stereocenters. The van der Waals surface area contributed by atoms with Crippen molar-refractivity contribution < 1.29 is 22.0 Å². The largest absolute Gasteiger partial charge is 0.367 e. The highest BCUT2D eigenvalue weighted by Crippen LogP contribution is 2.26. The molecule has 0 aromatic heterocycles. The van der Waals surface area contributed by atoms with E-state index in [1.54, 1.807) is 23.1 Å². The van der Waals surface area contributed by atoms with Crippen molar-refractivity contribution in [1.82, 2.24) is 4.31 Å². The molecule has 1 fully saturated rings. The van der Waals surface area contributed by atoms with Crippen molar-refractivity contribution in [2.45, 2.75) is 18.7 Å². The molecule has 1 amide bonds. The van der Waals surface area contributed by atoms with Crippen LogP contribution in [-0.4, -0.2) is 44.8 Å². The maximum atomic E-state index is 14.5. The number of benzene rings is 3. The molecule has 1 saturated heterocycles. The Labute approximate surface area is 197 Å². The highest BCUT2D eigenvalue weighted by Gasteiger charge is 2.30. The number of hydrogen-bond acceptors (Lipinski definition) is 4. The van der Waals surface area contributed by atoms with E-state index in [2.05, 4.69) is 5.32 Å². The van der Waals surface area contributed by atoms with Crippen LogP contribution in [0.1, 0.15) is 21.5 Å². The molecule has 1 heterocycles. The molecular formula is C25H25F2N3O3S. The second kappa shape index (κ2) is 9.52. The van der Waals surface area contributed by atoms with Gasteiger partial charge < -0.3 is 10.2 Å². The first kappa shape index (κ1) is 23.8. The molecule has 3 aromatic rings. The number of amides is 1. The van der Waals surface area contributed by atoms with E-state index in [9.17, 15) is 22.0 Å². The fourth-order valence-electron chi connectivity index (χ4n) is 4.06. The van der Waals surface area contributed by atoms with Crippen LogP contribution in [0.4, 0.5) is 20.2 Å². The summed E-state index contributed by atoms with van der Waals surface area (Å²) in [6, 6.07) is 15.0. The van der Waals surface area contributed by atoms with Crippen molar-refractivity contribution in [2.75, 3.05) is 36.4 Å². The first-order valence-corrected chi connectivity index (χ1v) is 12.3. The summed E-state index contributed by atoms with van der Waals surface area (Å²) in [6.07, 6.45) is 0. The van der Waals surface area contributed by atoms with Gasteiger partial charge in [0.2, 0.25) is 10.0 Å². The Bertz CT molecular complexity index is 1320. The summed E-state index contributed by atoms with van der Waals surface area (Å²) in [7, 11) is -3.97. The van der Waals surface area contributed by atoms with Gasteiger partial charge >= 0.3 is 0 Å². The number of rotatable bonds is 5. The van der Waals surface area contributed by atoms with Crippen molar-refractivity contribution in [2.24, 2.45) is 0 Å². The third-order valence-corrected chi connectivity index (χ3v) is 7.87. The fourth-order valence-corrected chi connectivity index (χ4v) is 5.51. The van der Waals surface area contributed by atoms with Gasteiger partial charge in [0, 0.05) is 31.9 Å². The Hall–Kier alpha value is -3.30. The molecule has 9 heteroatoms. The van der Waals surface area contributed by atoms with E-state index in [1.165, 1.54) is 10.4 Å². The number of nitrogens with one attached hydrogen (secondary N) is 1. The molecule has 1 aliphatic heterocycles. The Morgan fingerprint density at radius 2 is 1.50 bits per heavy atom. The van der Waals surface area contributed by atoms with E-state index in [0.717, 1.165) is 29.3 Å². The minimum absolute atomic E-state index is 0.137. The quantitative estimate of drug-likeness (QED) is 0.584. The van der Waals surface area contributed by atoms with E-state index in [1.807, 2.05) is 32.0 Å². The minimum Gasteiger partial charge on any atom is -0.367 e. The van der Waals surface area contributed by atoms with Gasteiger partial charge in [0.05, 0.1) is 16.1 Å². The number of para-hydroxylation sites is 2. The summed E-state index contributed by atoms with van der Waals surface area (Å²) in [5, 5.41) is 2.69. The predicted molar refractivity (Wildman–Crippen MR) is 128 cm³/mol. The van der Waals surface area contributed by atoms with Crippen LogP contribution < -0.4 is 10.2 Å². The smallest absolute Gasteiger partial charge is 0.258 e. The number of piperazine rings is 1. The van der Waals surface area contributed by atoms with Crippen molar-refractivity contribution in [3.05, 3.63) is 89.0 Å². The van der Waals surface area contributed by atoms with Crippen LogP contribution >= 0.6 is 0 Å². The molecule has 1 N–H and O–H groups in total. The SMILES string of the molecule is Cc1cccc(C)c1NC(=O)c1cc(S(=O)(=O)N2CCN(c3ccccc3F)CC2)ccc1F. The van der Waals surface area contributed by atoms with Gasteiger partial charge in [0.25, 0.3) is 5.91 Å². The zero-order valence-corrected chi connectivity index (χ0v) is 19.7. The van der Waals surface area contributed by atoms with Crippen LogP contribution in [0.25, 0.3) is 0 Å². The molecule has 0 aliphatic carbocycles. The zero-order valence-electron chi connectivity index (χ0n) is 18.9. The Balaban J connectivity index is 1.54. The normalized spacial score (nSPS) is 14.8. The summed E-state index contributed by atoms with van der Waals surface area (Å²) in [5.41, 5.74) is 2.25. The monoisotopic (exact) mass is 485 g/mol. The first-order chi connectivity index (χ1) is 16.2. The number of sulfonamides is 1. The van der Waals surface area contributed by atoms with Gasteiger partial charge in [0.1, 0.15) is 11.6 Å². The fraction of sp³-hybridized carbons (Fsp3) is 0.240. The summed E-state index contributed by atoms with van der Waals surface area (Å²) < 4.78 is 56.3. The maximum Gasteiger partial charge on any atom is 0.258 e. The highest BCUT2D eigenvalue weighted by molar-refractivity contribution is 7.89. The number of anilines is 2. The Kier molecular flexibility index (Phi) is 6.67. The van der Waals surface area contributed by atoms with E-state index in [0.29, 0.717) is 24.5 Å². The highest BCUT2D eigenvalue weighted by atomic mass is 32.2. The van der Waals surface area contributed by atoms with Gasteiger partial charge in [-0.1, -0.05) is 30.3 Å². The number of halogens is 2. The topological polar surface area (TPSA) is 69.7 Å². The molecule has 0 radical (unpaired) electrons. The standard InChI is InChI=1S/C25H25F2N3O3S/c1-17-6-5-7-18(2)24(17)28-25(31)20-16-19(10-11-21(20)26)34(32,33)30-14-12-29(13-15-30)23-9-4-3-8-22(23)27/h3-11,16H,12-15H2,1-2H3,(H,28,31). The molecule has 0 bridgehead atoms. The van der Waals surface area contributed by atoms with Crippen LogP contribution in [-0.2, 0) is 10.0 Å². The first-order valence-electron chi connectivity index (χ1n) is 10.9. The van der Waals surface area contributed by atoms with Gasteiger partial charge in [-0.05, 0) is 55.3 Å². The lowest BCUT2D eigenvalue weighted by Gasteiger charge is -2.35. The summed E-state index contributed by atoms with van der Waals surface area (Å²) >= 11 is 0. The molecule has 3 aromatic carbocycles. The van der Waals surface area contributed by atoms with Crippen molar-refractivity contribution in [3.63, 3.8) is 0 Å². The van der Waals surface area contributed by atoms with Crippen LogP contribution in [0.5, 0.6) is 0 Å². The molecule has 34 heavy (non-hydrogen) atoms. The van der Waals surface area contributed by atoms with Gasteiger partial charge in [-0.3, -0.25) is 4.79 Å². The van der Waals surface area contributed by atoms with Gasteiger partial charge in [0.15, 0.2) is 0 Å². The predicted octanol–water partition coefficient (Wildman–Crippen LogP) is 4.34. The van der Waals surface area contributed by atoms with E-state index >= 15 is 0 Å². The summed E-state index contributed by atoms with van der Waals surface area (Å²) in [4.78, 5) is 14.4. The Morgan fingerprint density at radius 3 is 2.15 bits per heavy atom. The number of carbonyl (C=O) groups is 1. The van der Waals surface area contributed by atoms with Crippen LogP contribution in [0.3, 0.4) is 0 Å². The Morgan fingerprint density at radius 1 is 0.853 bits per heavy atom. The molecule has 178 valence electrons. The number of nitrogens with zero attached hydrogens (tertiary/aromatic N) is 2. The second-order valence-corrected chi connectivity index (χ2v) is 10.1. The van der Waals surface area contributed by atoms with Gasteiger partial charge in [-0.2, -0.15) is 4.31 Å². The lowest BCUT2D eigenvalue weighted by molar-refractivity contribution is 0.102. The molecule has 6 nitrogen and oxygen atoms in total. The zero-order chi connectivity index (χ0) is 24.5. The molecular weight excluding hydrogens is 460 g/mol. The van der Waals surface area contributed by atoms with Gasteiger partial charge in [-0.15, -0.1) is 0 Å². The van der Waals surface area contributed by atoms with Crippen LogP contribution in [0.15, 0.2) is 65.6 Å². The molecule has 0 spiro atoms. The third kappa shape index (κ3) is 4.67. The number of carbonyl (C=O) groups excluding carboxylic acids is 1. The number of aryl methyl sites for hydroxylation is 2. The summed E-state index contributed by atoms with van der Waals surface area (Å²) in [6.45, 7) is 4.53. The van der Waals surface area contributed by atoms with E-state index < -0.39 is 21.7 Å². The van der Waals surface area contributed by atoms with E-state index in [4.69, 9.17) is 0 Å². The van der Waals surface area contributed by atoms with Crippen molar-refractivity contribution >= 4 is 27.3 Å². The maximum absolute atomic E-state index is 14.5. The third-order valence-electron chi connectivity index (χ3n) is 5.97. The molecule has 0 atom stereocenters. The molecule has 1 aliphatic rings.